The van der Waals surface area contributed by atoms with Crippen LogP contribution in [0.4, 0.5) is 0 Å². The lowest BCUT2D eigenvalue weighted by Gasteiger charge is -2.41. The molecular weight excluding hydrogens is 420 g/mol. The molecule has 3 aliphatic heterocycles. The summed E-state index contributed by atoms with van der Waals surface area (Å²) in [4.78, 5) is 40.9. The number of β-amino-alcohol motifs (C(OH)–C–C–N with tert-alkyl or cyclic N) is 1. The number of hydrogen-bond donors (Lipinski definition) is 3. The largest absolute Gasteiger partial charge is 0.386 e. The average molecular weight is 449 g/mol. The normalized spacial score (nSPS) is 21.7. The van der Waals surface area contributed by atoms with Crippen molar-refractivity contribution >= 4 is 17.7 Å². The lowest BCUT2D eigenvalue weighted by Crippen LogP contribution is -2.64. The van der Waals surface area contributed by atoms with Crippen molar-refractivity contribution in [2.24, 2.45) is 0 Å². The minimum atomic E-state index is -0.763. The molecule has 1 unspecified atom stereocenters. The Kier molecular flexibility index (Phi) is 5.74. The van der Waals surface area contributed by atoms with Gasteiger partial charge in [0.2, 0.25) is 11.8 Å². The van der Waals surface area contributed by atoms with Gasteiger partial charge in [-0.2, -0.15) is 0 Å². The molecule has 2 aromatic rings. The van der Waals surface area contributed by atoms with E-state index in [1.54, 1.807) is 11.0 Å². The van der Waals surface area contributed by atoms with Gasteiger partial charge < -0.3 is 15.3 Å². The lowest BCUT2D eigenvalue weighted by atomic mass is 9.95. The van der Waals surface area contributed by atoms with Gasteiger partial charge in [0.15, 0.2) is 0 Å². The van der Waals surface area contributed by atoms with Crippen LogP contribution in [-0.2, 0) is 29.2 Å². The lowest BCUT2D eigenvalue weighted by molar-refractivity contribution is -0.136. The third kappa shape index (κ3) is 4.42. The number of nitrogens with zero attached hydrogens (tertiary/aromatic N) is 2. The molecule has 5 rings (SSSR count). The summed E-state index contributed by atoms with van der Waals surface area (Å²) in [6.45, 7) is 3.25. The van der Waals surface area contributed by atoms with Crippen LogP contribution in [0.25, 0.3) is 0 Å². The molecule has 3 aliphatic rings. The van der Waals surface area contributed by atoms with E-state index in [0.717, 1.165) is 16.7 Å². The molecule has 3 amide bonds. The predicted molar refractivity (Wildman–Crippen MR) is 121 cm³/mol. The van der Waals surface area contributed by atoms with E-state index >= 15 is 0 Å². The Bertz CT molecular complexity index is 1080. The summed E-state index contributed by atoms with van der Waals surface area (Å²) in [7, 11) is 0. The van der Waals surface area contributed by atoms with Crippen LogP contribution in [0.3, 0.4) is 0 Å². The molecule has 2 aromatic carbocycles. The first-order chi connectivity index (χ1) is 15.9. The van der Waals surface area contributed by atoms with Crippen molar-refractivity contribution in [3.05, 3.63) is 70.8 Å². The van der Waals surface area contributed by atoms with Crippen LogP contribution in [0, 0.1) is 0 Å². The smallest absolute Gasteiger partial charge is 0.255 e. The van der Waals surface area contributed by atoms with Crippen molar-refractivity contribution in [2.45, 2.75) is 44.1 Å². The molecule has 0 saturated carbocycles. The predicted octanol–water partition coefficient (Wildman–Crippen LogP) is 0.784. The number of fused-ring (bicyclic) bond motifs is 1. The highest BCUT2D eigenvalue weighted by Gasteiger charge is 2.40. The minimum Gasteiger partial charge on any atom is -0.386 e. The molecule has 8 nitrogen and oxygen atoms in total. The van der Waals surface area contributed by atoms with Crippen molar-refractivity contribution in [1.82, 2.24) is 20.4 Å². The second kappa shape index (κ2) is 8.70. The Hall–Kier alpha value is -3.07. The average Bonchev–Trinajstić information content (AvgIpc) is 3.11. The minimum absolute atomic E-state index is 0.169. The molecule has 33 heavy (non-hydrogen) atoms. The van der Waals surface area contributed by atoms with Crippen molar-refractivity contribution in [2.75, 3.05) is 19.6 Å². The highest BCUT2D eigenvalue weighted by molar-refractivity contribution is 6.05. The summed E-state index contributed by atoms with van der Waals surface area (Å²) in [6.07, 6.45) is 0.584. The summed E-state index contributed by atoms with van der Waals surface area (Å²) in [6, 6.07) is 15.2. The zero-order chi connectivity index (χ0) is 23.0. The first kappa shape index (κ1) is 21.8. The quantitative estimate of drug-likeness (QED) is 0.542. The molecule has 3 heterocycles. The maximum Gasteiger partial charge on any atom is 0.255 e. The number of carbonyl (C=O) groups excluding carboxylic acids is 3. The van der Waals surface area contributed by atoms with Crippen LogP contribution in [-0.4, -0.2) is 63.9 Å². The zero-order valence-corrected chi connectivity index (χ0v) is 18.4. The number of rotatable bonds is 7. The van der Waals surface area contributed by atoms with Gasteiger partial charge in [-0.1, -0.05) is 42.5 Å². The van der Waals surface area contributed by atoms with E-state index in [2.05, 4.69) is 27.7 Å². The fraction of sp³-hybridized carbons (Fsp3) is 0.400. The standard InChI is InChI=1S/C25H28N4O4/c30-22-10-9-21(23(31)27-22)29-13-20-18(7-4-8-19(20)24(29)32)12-28(16-25(33)14-26-15-25)11-17-5-2-1-3-6-17/h1-8,21,26,33H,9-16H2,(H,27,30,31). The number of piperidine rings is 1. The monoisotopic (exact) mass is 448 g/mol. The van der Waals surface area contributed by atoms with Crippen molar-refractivity contribution < 1.29 is 19.5 Å². The number of carbonyl (C=O) groups is 3. The Morgan fingerprint density at radius 1 is 1.03 bits per heavy atom. The van der Waals surface area contributed by atoms with Crippen LogP contribution < -0.4 is 10.6 Å². The fourth-order valence-corrected chi connectivity index (χ4v) is 4.99. The maximum absolute atomic E-state index is 13.1. The molecule has 0 aliphatic carbocycles. The number of benzene rings is 2. The van der Waals surface area contributed by atoms with E-state index in [-0.39, 0.29) is 18.2 Å². The van der Waals surface area contributed by atoms with Gasteiger partial charge in [-0.05, 0) is 29.2 Å². The molecule has 3 N–H and O–H groups in total. The van der Waals surface area contributed by atoms with Crippen LogP contribution >= 0.6 is 0 Å². The number of hydrogen-bond acceptors (Lipinski definition) is 6. The number of imide groups is 1. The molecule has 0 bridgehead atoms. The third-order valence-electron chi connectivity index (χ3n) is 6.75. The molecular formula is C25H28N4O4. The first-order valence-electron chi connectivity index (χ1n) is 11.4. The van der Waals surface area contributed by atoms with Gasteiger partial charge in [-0.25, -0.2) is 0 Å². The molecule has 0 aromatic heterocycles. The van der Waals surface area contributed by atoms with E-state index < -0.39 is 17.6 Å². The molecule has 1 atom stereocenters. The summed E-state index contributed by atoms with van der Waals surface area (Å²) in [5.41, 5.74) is 2.94. The van der Waals surface area contributed by atoms with Crippen molar-refractivity contribution in [3.63, 3.8) is 0 Å². The second-order valence-corrected chi connectivity index (χ2v) is 9.30. The summed E-state index contributed by atoms with van der Waals surface area (Å²) >= 11 is 0. The van der Waals surface area contributed by atoms with E-state index in [1.165, 1.54) is 0 Å². The fourth-order valence-electron chi connectivity index (χ4n) is 4.99. The topological polar surface area (TPSA) is 102 Å². The van der Waals surface area contributed by atoms with Gasteiger partial charge in [0.05, 0.1) is 0 Å². The highest BCUT2D eigenvalue weighted by atomic mass is 16.3. The van der Waals surface area contributed by atoms with E-state index in [4.69, 9.17) is 0 Å². The number of nitrogens with one attached hydrogen (secondary N) is 2. The molecule has 172 valence electrons. The van der Waals surface area contributed by atoms with Gasteiger partial charge >= 0.3 is 0 Å². The second-order valence-electron chi connectivity index (χ2n) is 9.30. The van der Waals surface area contributed by atoms with Gasteiger partial charge in [0, 0.05) is 51.3 Å². The Morgan fingerprint density at radius 2 is 1.82 bits per heavy atom. The first-order valence-corrected chi connectivity index (χ1v) is 11.4. The molecule has 2 fully saturated rings. The van der Waals surface area contributed by atoms with E-state index in [9.17, 15) is 19.5 Å². The third-order valence-corrected chi connectivity index (χ3v) is 6.75. The summed E-state index contributed by atoms with van der Waals surface area (Å²) in [5.74, 6) is -0.863. The zero-order valence-electron chi connectivity index (χ0n) is 18.4. The van der Waals surface area contributed by atoms with E-state index in [1.807, 2.05) is 30.3 Å². The molecule has 0 radical (unpaired) electrons. The summed E-state index contributed by atoms with van der Waals surface area (Å²) in [5, 5.41) is 16.3. The van der Waals surface area contributed by atoms with Crippen LogP contribution in [0.2, 0.25) is 0 Å². The number of amides is 3. The number of aliphatic hydroxyl groups is 1. The summed E-state index contributed by atoms with van der Waals surface area (Å²) < 4.78 is 0. The van der Waals surface area contributed by atoms with Gasteiger partial charge in [-0.3, -0.25) is 24.6 Å². The Morgan fingerprint density at radius 3 is 2.52 bits per heavy atom. The molecule has 2 saturated heterocycles. The molecule has 0 spiro atoms. The van der Waals surface area contributed by atoms with Gasteiger partial charge in [0.25, 0.3) is 5.91 Å². The van der Waals surface area contributed by atoms with Crippen LogP contribution in [0.15, 0.2) is 48.5 Å². The Balaban J connectivity index is 1.38. The van der Waals surface area contributed by atoms with Gasteiger partial charge in [0.1, 0.15) is 11.6 Å². The van der Waals surface area contributed by atoms with Crippen molar-refractivity contribution in [3.8, 4) is 0 Å². The van der Waals surface area contributed by atoms with Gasteiger partial charge in [-0.15, -0.1) is 0 Å². The van der Waals surface area contributed by atoms with E-state index in [0.29, 0.717) is 51.3 Å². The SMILES string of the molecule is O=C1CCC(N2Cc3c(CN(Cc4ccccc4)CC4(O)CNC4)cccc3C2=O)C(=O)N1. The highest BCUT2D eigenvalue weighted by Crippen LogP contribution is 2.31. The maximum atomic E-state index is 13.1. The van der Waals surface area contributed by atoms with Crippen LogP contribution in [0.1, 0.15) is 39.9 Å². The Labute approximate surface area is 192 Å². The molecule has 8 heteroatoms. The van der Waals surface area contributed by atoms with Crippen molar-refractivity contribution in [1.29, 1.82) is 0 Å². The van der Waals surface area contributed by atoms with Crippen LogP contribution in [0.5, 0.6) is 0 Å².